The predicted molar refractivity (Wildman–Crippen MR) is 77.9 cm³/mol. The first kappa shape index (κ1) is 12.0. The molecule has 0 saturated carbocycles. The second kappa shape index (κ2) is 5.29. The zero-order valence-electron chi connectivity index (χ0n) is 10.8. The number of para-hydroxylation sites is 1. The van der Waals surface area contributed by atoms with E-state index in [0.717, 1.165) is 29.6 Å². The van der Waals surface area contributed by atoms with Crippen LogP contribution < -0.4 is 5.73 Å². The molecule has 0 radical (unpaired) electrons. The fourth-order valence-electron chi connectivity index (χ4n) is 2.29. The van der Waals surface area contributed by atoms with Crippen molar-refractivity contribution in [3.63, 3.8) is 0 Å². The third kappa shape index (κ3) is 2.69. The van der Waals surface area contributed by atoms with Gasteiger partial charge >= 0.3 is 0 Å². The van der Waals surface area contributed by atoms with Crippen molar-refractivity contribution in [2.24, 2.45) is 5.73 Å². The van der Waals surface area contributed by atoms with Crippen molar-refractivity contribution >= 4 is 11.0 Å². The van der Waals surface area contributed by atoms with E-state index in [-0.39, 0.29) is 6.04 Å². The predicted octanol–water partition coefficient (Wildman–Crippen LogP) is 4.07. The highest BCUT2D eigenvalue weighted by Crippen LogP contribution is 2.25. The van der Waals surface area contributed by atoms with Gasteiger partial charge in [-0.05, 0) is 30.5 Å². The Morgan fingerprint density at radius 3 is 2.47 bits per heavy atom. The quantitative estimate of drug-likeness (QED) is 0.759. The molecule has 19 heavy (non-hydrogen) atoms. The van der Waals surface area contributed by atoms with Crippen molar-refractivity contribution in [1.29, 1.82) is 0 Å². The number of furan rings is 1. The molecule has 0 aliphatic heterocycles. The maximum absolute atomic E-state index is 6.21. The molecule has 0 amide bonds. The summed E-state index contributed by atoms with van der Waals surface area (Å²) < 4.78 is 5.79. The van der Waals surface area contributed by atoms with Gasteiger partial charge in [-0.25, -0.2) is 0 Å². The van der Waals surface area contributed by atoms with Crippen molar-refractivity contribution < 1.29 is 4.42 Å². The summed E-state index contributed by atoms with van der Waals surface area (Å²) in [4.78, 5) is 0. The van der Waals surface area contributed by atoms with Crippen molar-refractivity contribution in [2.75, 3.05) is 0 Å². The fraction of sp³-hybridized carbons (Fsp3) is 0.176. The highest BCUT2D eigenvalue weighted by atomic mass is 16.3. The van der Waals surface area contributed by atoms with Gasteiger partial charge in [0, 0.05) is 5.39 Å². The van der Waals surface area contributed by atoms with Gasteiger partial charge in [0.25, 0.3) is 0 Å². The minimum absolute atomic E-state index is 0.0485. The minimum Gasteiger partial charge on any atom is -0.459 e. The Morgan fingerprint density at radius 2 is 1.68 bits per heavy atom. The van der Waals surface area contributed by atoms with Gasteiger partial charge in [-0.15, -0.1) is 0 Å². The Balaban J connectivity index is 1.71. The highest BCUT2D eigenvalue weighted by molar-refractivity contribution is 5.77. The molecule has 2 heteroatoms. The van der Waals surface area contributed by atoms with Crippen LogP contribution in [0.3, 0.4) is 0 Å². The van der Waals surface area contributed by atoms with E-state index >= 15 is 0 Å². The van der Waals surface area contributed by atoms with Gasteiger partial charge in [0.15, 0.2) is 0 Å². The molecule has 3 rings (SSSR count). The number of hydrogen-bond acceptors (Lipinski definition) is 2. The molecule has 0 aliphatic rings. The summed E-state index contributed by atoms with van der Waals surface area (Å²) in [6.45, 7) is 0. The maximum atomic E-state index is 6.21. The van der Waals surface area contributed by atoms with E-state index in [9.17, 15) is 0 Å². The molecule has 3 aromatic rings. The van der Waals surface area contributed by atoms with E-state index in [1.807, 2.05) is 36.4 Å². The van der Waals surface area contributed by atoms with E-state index in [1.165, 1.54) is 5.56 Å². The summed E-state index contributed by atoms with van der Waals surface area (Å²) in [6, 6.07) is 20.4. The number of aryl methyl sites for hydroxylation is 1. The average molecular weight is 251 g/mol. The molecule has 1 heterocycles. The van der Waals surface area contributed by atoms with Gasteiger partial charge in [0.1, 0.15) is 11.3 Å². The van der Waals surface area contributed by atoms with Crippen LogP contribution in [0.25, 0.3) is 11.0 Å². The van der Waals surface area contributed by atoms with Gasteiger partial charge in [0.2, 0.25) is 0 Å². The lowest BCUT2D eigenvalue weighted by Crippen LogP contribution is -2.10. The fourth-order valence-corrected chi connectivity index (χ4v) is 2.29. The summed E-state index contributed by atoms with van der Waals surface area (Å²) in [7, 11) is 0. The molecule has 96 valence electrons. The summed E-state index contributed by atoms with van der Waals surface area (Å²) in [5.41, 5.74) is 8.44. The molecule has 1 aromatic heterocycles. The smallest absolute Gasteiger partial charge is 0.134 e. The number of nitrogens with two attached hydrogens (primary N) is 1. The van der Waals surface area contributed by atoms with Crippen LogP contribution in [0.2, 0.25) is 0 Å². The van der Waals surface area contributed by atoms with E-state index < -0.39 is 0 Å². The van der Waals surface area contributed by atoms with Gasteiger partial charge in [0.05, 0.1) is 6.04 Å². The first-order chi connectivity index (χ1) is 9.33. The largest absolute Gasteiger partial charge is 0.459 e. The Hall–Kier alpha value is -2.06. The van der Waals surface area contributed by atoms with Crippen LogP contribution >= 0.6 is 0 Å². The molecule has 0 bridgehead atoms. The standard InChI is InChI=1S/C17H17NO/c18-15(11-10-13-6-2-1-3-7-13)17-12-14-8-4-5-9-16(14)19-17/h1-9,12,15H,10-11,18H2. The van der Waals surface area contributed by atoms with Crippen molar-refractivity contribution in [3.8, 4) is 0 Å². The maximum Gasteiger partial charge on any atom is 0.134 e. The molecule has 0 aliphatic carbocycles. The van der Waals surface area contributed by atoms with Crippen LogP contribution in [0.4, 0.5) is 0 Å². The van der Waals surface area contributed by atoms with Gasteiger partial charge < -0.3 is 10.2 Å². The molecule has 0 fully saturated rings. The van der Waals surface area contributed by atoms with Crippen LogP contribution in [0.15, 0.2) is 65.1 Å². The lowest BCUT2D eigenvalue weighted by molar-refractivity contribution is 0.478. The molecule has 0 spiro atoms. The van der Waals surface area contributed by atoms with Crippen LogP contribution in [0, 0.1) is 0 Å². The van der Waals surface area contributed by atoms with E-state index in [0.29, 0.717) is 0 Å². The third-order valence-corrected chi connectivity index (χ3v) is 3.40. The first-order valence-electron chi connectivity index (χ1n) is 6.61. The normalized spacial score (nSPS) is 12.7. The molecule has 2 aromatic carbocycles. The van der Waals surface area contributed by atoms with Crippen LogP contribution in [-0.2, 0) is 6.42 Å². The molecule has 1 atom stereocenters. The average Bonchev–Trinajstić information content (AvgIpc) is 2.90. The Kier molecular flexibility index (Phi) is 3.34. The zero-order valence-corrected chi connectivity index (χ0v) is 10.8. The van der Waals surface area contributed by atoms with Crippen LogP contribution in [-0.4, -0.2) is 0 Å². The number of rotatable bonds is 4. The van der Waals surface area contributed by atoms with Crippen molar-refractivity contribution in [2.45, 2.75) is 18.9 Å². The Bertz CT molecular complexity index is 624. The molecule has 1 unspecified atom stereocenters. The number of fused-ring (bicyclic) bond motifs is 1. The second-order valence-corrected chi connectivity index (χ2v) is 4.82. The monoisotopic (exact) mass is 251 g/mol. The number of hydrogen-bond donors (Lipinski definition) is 1. The van der Waals surface area contributed by atoms with Crippen LogP contribution in [0.5, 0.6) is 0 Å². The first-order valence-corrected chi connectivity index (χ1v) is 6.61. The van der Waals surface area contributed by atoms with Gasteiger partial charge in [-0.3, -0.25) is 0 Å². The summed E-state index contributed by atoms with van der Waals surface area (Å²) in [5.74, 6) is 0.872. The third-order valence-electron chi connectivity index (χ3n) is 3.40. The van der Waals surface area contributed by atoms with E-state index in [1.54, 1.807) is 0 Å². The zero-order chi connectivity index (χ0) is 13.1. The molecular weight excluding hydrogens is 234 g/mol. The summed E-state index contributed by atoms with van der Waals surface area (Å²) in [6.07, 6.45) is 1.86. The van der Waals surface area contributed by atoms with Gasteiger partial charge in [-0.1, -0.05) is 48.5 Å². The van der Waals surface area contributed by atoms with Crippen molar-refractivity contribution in [3.05, 3.63) is 72.0 Å². The Morgan fingerprint density at radius 1 is 0.947 bits per heavy atom. The van der Waals surface area contributed by atoms with Gasteiger partial charge in [-0.2, -0.15) is 0 Å². The Labute approximate surface area is 112 Å². The topological polar surface area (TPSA) is 39.2 Å². The number of benzene rings is 2. The highest BCUT2D eigenvalue weighted by Gasteiger charge is 2.11. The second-order valence-electron chi connectivity index (χ2n) is 4.82. The lowest BCUT2D eigenvalue weighted by atomic mass is 10.0. The minimum atomic E-state index is -0.0485. The molecule has 2 nitrogen and oxygen atoms in total. The molecular formula is C17H17NO. The SMILES string of the molecule is NC(CCc1ccccc1)c1cc2ccccc2o1. The summed E-state index contributed by atoms with van der Waals surface area (Å²) >= 11 is 0. The lowest BCUT2D eigenvalue weighted by Gasteiger charge is -2.08. The van der Waals surface area contributed by atoms with Crippen molar-refractivity contribution in [1.82, 2.24) is 0 Å². The van der Waals surface area contributed by atoms with E-state index in [2.05, 4.69) is 24.3 Å². The van der Waals surface area contributed by atoms with Crippen LogP contribution in [0.1, 0.15) is 23.8 Å². The van der Waals surface area contributed by atoms with E-state index in [4.69, 9.17) is 10.2 Å². The molecule has 2 N–H and O–H groups in total. The molecule has 0 saturated heterocycles. The summed E-state index contributed by atoms with van der Waals surface area (Å²) in [5, 5.41) is 1.12.